The molecule has 0 atom stereocenters. The van der Waals surface area contributed by atoms with Gasteiger partial charge in [-0.3, -0.25) is 0 Å². The molecule has 1 aliphatic carbocycles. The van der Waals surface area contributed by atoms with Crippen LogP contribution in [-0.4, -0.2) is 12.5 Å². The second kappa shape index (κ2) is 7.77. The summed E-state index contributed by atoms with van der Waals surface area (Å²) >= 11 is 3.64. The molecule has 3 aromatic carbocycles. The third-order valence-electron chi connectivity index (χ3n) is 4.87. The van der Waals surface area contributed by atoms with Gasteiger partial charge < -0.3 is 0 Å². The van der Waals surface area contributed by atoms with E-state index in [1.165, 1.54) is 42.1 Å². The summed E-state index contributed by atoms with van der Waals surface area (Å²) in [5, 5.41) is 5.35. The first kappa shape index (κ1) is 17.5. The van der Waals surface area contributed by atoms with Crippen LogP contribution < -0.4 is 10.4 Å². The molecule has 4 rings (SSSR count). The van der Waals surface area contributed by atoms with Crippen LogP contribution in [0, 0.1) is 0 Å². The summed E-state index contributed by atoms with van der Waals surface area (Å²) in [6.07, 6.45) is 15.9. The number of rotatable bonds is 4. The third kappa shape index (κ3) is 3.49. The van der Waals surface area contributed by atoms with Crippen LogP contribution in [-0.2, 0) is 0 Å². The molecular formula is C24H22S2. The van der Waals surface area contributed by atoms with E-state index < -0.39 is 0 Å². The van der Waals surface area contributed by atoms with Gasteiger partial charge in [0.05, 0.1) is 0 Å². The van der Waals surface area contributed by atoms with E-state index >= 15 is 0 Å². The Bertz CT molecular complexity index is 1110. The van der Waals surface area contributed by atoms with Crippen LogP contribution in [0.25, 0.3) is 35.1 Å². The minimum Gasteiger partial charge on any atom is -0.129 e. The lowest BCUT2D eigenvalue weighted by atomic mass is 10.0. The van der Waals surface area contributed by atoms with Crippen molar-refractivity contribution in [3.05, 3.63) is 70.1 Å². The Morgan fingerprint density at radius 2 is 1.23 bits per heavy atom. The van der Waals surface area contributed by atoms with Gasteiger partial charge >= 0.3 is 0 Å². The van der Waals surface area contributed by atoms with Crippen LogP contribution >= 0.6 is 23.5 Å². The summed E-state index contributed by atoms with van der Waals surface area (Å²) < 4.78 is 0. The molecular weight excluding hydrogens is 352 g/mol. The molecule has 0 saturated heterocycles. The Hall–Kier alpha value is -1.90. The van der Waals surface area contributed by atoms with E-state index in [2.05, 4.69) is 85.3 Å². The summed E-state index contributed by atoms with van der Waals surface area (Å²) in [5.41, 5.74) is 2.60. The molecule has 0 amide bonds. The maximum atomic E-state index is 2.36. The van der Waals surface area contributed by atoms with Gasteiger partial charge in [-0.25, -0.2) is 0 Å². The lowest BCUT2D eigenvalue weighted by molar-refractivity contribution is 1.11. The summed E-state index contributed by atoms with van der Waals surface area (Å²) in [5.74, 6) is 0. The van der Waals surface area contributed by atoms with Gasteiger partial charge in [-0.1, -0.05) is 48.6 Å². The van der Waals surface area contributed by atoms with E-state index in [1.807, 2.05) is 23.5 Å². The van der Waals surface area contributed by atoms with E-state index in [9.17, 15) is 0 Å². The van der Waals surface area contributed by atoms with Gasteiger partial charge in [0.2, 0.25) is 0 Å². The van der Waals surface area contributed by atoms with E-state index in [1.54, 1.807) is 0 Å². The fourth-order valence-corrected chi connectivity index (χ4v) is 4.71. The second-order valence-corrected chi connectivity index (χ2v) is 8.18. The predicted octanol–water partition coefficient (Wildman–Crippen LogP) is 5.81. The van der Waals surface area contributed by atoms with Crippen LogP contribution in [0.2, 0.25) is 0 Å². The Kier molecular flexibility index (Phi) is 5.23. The Balaban J connectivity index is 1.80. The number of fused-ring (bicyclic) bond motifs is 2. The molecule has 0 heterocycles. The lowest BCUT2D eigenvalue weighted by Crippen LogP contribution is -2.27. The van der Waals surface area contributed by atoms with E-state index in [4.69, 9.17) is 0 Å². The monoisotopic (exact) mass is 374 g/mol. The normalized spacial score (nSPS) is 13.5. The smallest absolute Gasteiger partial charge is 0.0148 e. The molecule has 0 nitrogen and oxygen atoms in total. The van der Waals surface area contributed by atoms with Gasteiger partial charge in [-0.2, -0.15) is 0 Å². The van der Waals surface area contributed by atoms with Crippen molar-refractivity contribution in [2.24, 2.45) is 0 Å². The van der Waals surface area contributed by atoms with Crippen LogP contribution in [0.15, 0.2) is 58.3 Å². The first-order valence-corrected chi connectivity index (χ1v) is 11.4. The SMILES string of the molecule is CSc1cc2c(cc1/C=C/c1cc3ccccc3cc1SC)=CCCC=2. The van der Waals surface area contributed by atoms with E-state index in [0.29, 0.717) is 0 Å². The fraction of sp³-hybridized carbons (Fsp3) is 0.167. The largest absolute Gasteiger partial charge is 0.129 e. The molecule has 2 heteroatoms. The first-order valence-electron chi connectivity index (χ1n) is 8.92. The fourth-order valence-electron chi connectivity index (χ4n) is 3.49. The zero-order valence-corrected chi connectivity index (χ0v) is 16.8. The highest BCUT2D eigenvalue weighted by molar-refractivity contribution is 7.99. The molecule has 0 N–H and O–H groups in total. The topological polar surface area (TPSA) is 0 Å². The van der Waals surface area contributed by atoms with Crippen molar-refractivity contribution >= 4 is 58.6 Å². The standard InChI is InChI=1S/C24H22S2/c1-25-23-15-19-9-5-3-7-17(19)13-21(23)11-12-22-14-18-8-4-6-10-20(18)16-24(22)26-2/h3,5,7-16H,4,6H2,1-2H3/b12-11+. The number of hydrogen-bond acceptors (Lipinski definition) is 2. The molecule has 26 heavy (non-hydrogen) atoms. The van der Waals surface area contributed by atoms with Crippen molar-refractivity contribution in [3.63, 3.8) is 0 Å². The Morgan fingerprint density at radius 3 is 1.88 bits per heavy atom. The molecule has 0 aromatic heterocycles. The number of thioether (sulfide) groups is 2. The maximum Gasteiger partial charge on any atom is 0.0148 e. The number of benzene rings is 3. The lowest BCUT2D eigenvalue weighted by Gasteiger charge is -2.09. The first-order chi connectivity index (χ1) is 12.8. The molecule has 0 unspecified atom stereocenters. The number of hydrogen-bond donors (Lipinski definition) is 0. The molecule has 0 fully saturated rings. The van der Waals surface area contributed by atoms with Crippen LogP contribution in [0.1, 0.15) is 24.0 Å². The van der Waals surface area contributed by atoms with E-state index in [0.717, 1.165) is 12.8 Å². The summed E-state index contributed by atoms with van der Waals surface area (Å²) in [4.78, 5) is 2.67. The molecule has 1 aliphatic rings. The molecule has 0 saturated carbocycles. The zero-order chi connectivity index (χ0) is 17.9. The molecule has 0 aliphatic heterocycles. The average molecular weight is 375 g/mol. The molecule has 0 bridgehead atoms. The van der Waals surface area contributed by atoms with Gasteiger partial charge in [0.25, 0.3) is 0 Å². The summed E-state index contributed by atoms with van der Waals surface area (Å²) in [6, 6.07) is 17.9. The molecule has 0 spiro atoms. The predicted molar refractivity (Wildman–Crippen MR) is 120 cm³/mol. The van der Waals surface area contributed by atoms with Crippen molar-refractivity contribution in [1.82, 2.24) is 0 Å². The van der Waals surface area contributed by atoms with E-state index in [-0.39, 0.29) is 0 Å². The highest BCUT2D eigenvalue weighted by Crippen LogP contribution is 2.29. The molecule has 3 aromatic rings. The summed E-state index contributed by atoms with van der Waals surface area (Å²) in [7, 11) is 0. The van der Waals surface area contributed by atoms with Crippen molar-refractivity contribution in [2.75, 3.05) is 12.5 Å². The minimum absolute atomic E-state index is 1.15. The van der Waals surface area contributed by atoms with Gasteiger partial charge in [0.1, 0.15) is 0 Å². The summed E-state index contributed by atoms with van der Waals surface area (Å²) in [6.45, 7) is 0. The molecule has 130 valence electrons. The van der Waals surface area contributed by atoms with Crippen molar-refractivity contribution < 1.29 is 0 Å². The van der Waals surface area contributed by atoms with Crippen LogP contribution in [0.4, 0.5) is 0 Å². The quantitative estimate of drug-likeness (QED) is 0.417. The molecule has 0 radical (unpaired) electrons. The van der Waals surface area contributed by atoms with Gasteiger partial charge in [0, 0.05) is 9.79 Å². The zero-order valence-electron chi connectivity index (χ0n) is 15.2. The van der Waals surface area contributed by atoms with Crippen molar-refractivity contribution in [2.45, 2.75) is 22.6 Å². The van der Waals surface area contributed by atoms with Crippen LogP contribution in [0.5, 0.6) is 0 Å². The highest BCUT2D eigenvalue weighted by Gasteiger charge is 2.04. The van der Waals surface area contributed by atoms with Crippen LogP contribution in [0.3, 0.4) is 0 Å². The Labute approximate surface area is 163 Å². The average Bonchev–Trinajstić information content (AvgIpc) is 2.70. The van der Waals surface area contributed by atoms with Gasteiger partial charge in [0.15, 0.2) is 0 Å². The minimum atomic E-state index is 1.15. The van der Waals surface area contributed by atoms with Gasteiger partial charge in [-0.05, 0) is 82.0 Å². The van der Waals surface area contributed by atoms with Gasteiger partial charge in [-0.15, -0.1) is 23.5 Å². The third-order valence-corrected chi connectivity index (χ3v) is 6.46. The van der Waals surface area contributed by atoms with Crippen molar-refractivity contribution in [3.8, 4) is 0 Å². The second-order valence-electron chi connectivity index (χ2n) is 6.48. The maximum absolute atomic E-state index is 2.36. The highest BCUT2D eigenvalue weighted by atomic mass is 32.2. The van der Waals surface area contributed by atoms with Crippen molar-refractivity contribution in [1.29, 1.82) is 0 Å². The Morgan fingerprint density at radius 1 is 0.692 bits per heavy atom.